The van der Waals surface area contributed by atoms with Gasteiger partial charge >= 0.3 is 0 Å². The van der Waals surface area contributed by atoms with E-state index in [0.717, 1.165) is 12.8 Å². The molecule has 2 unspecified atom stereocenters. The lowest BCUT2D eigenvalue weighted by Crippen LogP contribution is -2.56. The monoisotopic (exact) mass is 622 g/mol. The van der Waals surface area contributed by atoms with Crippen molar-refractivity contribution in [3.8, 4) is 0 Å². The third kappa shape index (κ3) is 9.83. The topological polar surface area (TPSA) is 161 Å². The zero-order chi connectivity index (χ0) is 31.7. The quantitative estimate of drug-likeness (QED) is 0.111. The van der Waals surface area contributed by atoms with Crippen molar-refractivity contribution in [1.29, 1.82) is 0 Å². The highest BCUT2D eigenvalue weighted by molar-refractivity contribution is 5.75. The Bertz CT molecular complexity index is 988. The number of aliphatic hydroxyl groups is 5. The zero-order valence-electron chi connectivity index (χ0n) is 26.2. The number of aliphatic hydroxyl groups excluding tert-OH is 5. The molecule has 11 nitrogen and oxygen atoms in total. The smallest absolute Gasteiger partial charge is 0.219 e. The summed E-state index contributed by atoms with van der Waals surface area (Å²) >= 11 is 0. The van der Waals surface area contributed by atoms with Crippen LogP contribution in [0.4, 0.5) is 0 Å². The predicted molar refractivity (Wildman–Crippen MR) is 164 cm³/mol. The number of unbranched alkanes of at least 4 members (excludes halogenated alkanes) is 1. The van der Waals surface area contributed by atoms with E-state index in [4.69, 9.17) is 14.2 Å². The SMILES string of the molecule is CCNC(=O)CCC/C=C\C[C@@H]1[C@@H](/C=C/[C@@H](O)CCC2OCC=CN2C2CC2)[C@H](O)C[C@@H]1O[C@]1(C)C[C@H](O)[C@H](O)C(CO)O1. The van der Waals surface area contributed by atoms with Crippen molar-refractivity contribution in [2.24, 2.45) is 11.8 Å². The zero-order valence-corrected chi connectivity index (χ0v) is 26.2. The summed E-state index contributed by atoms with van der Waals surface area (Å²) in [5.41, 5.74) is 0. The number of ether oxygens (including phenoxy) is 3. The molecule has 0 aromatic heterocycles. The lowest BCUT2D eigenvalue weighted by atomic mass is 9.89. The van der Waals surface area contributed by atoms with Gasteiger partial charge in [-0.25, -0.2) is 0 Å². The summed E-state index contributed by atoms with van der Waals surface area (Å²) in [5, 5.41) is 55.1. The number of hydrogen-bond acceptors (Lipinski definition) is 10. The molecule has 0 bridgehead atoms. The third-order valence-electron chi connectivity index (χ3n) is 9.18. The summed E-state index contributed by atoms with van der Waals surface area (Å²) in [6.45, 7) is 4.32. The molecule has 4 rings (SSSR count). The highest BCUT2D eigenvalue weighted by Crippen LogP contribution is 2.42. The first kappa shape index (κ1) is 35.0. The standard InChI is InChI=1S/C33H54N2O9/c1-3-34-30(40)10-7-5-4-6-9-25-24(15-13-23(37)14-16-31-35(22-11-12-22)17-8-18-42-31)26(38)19-28(25)43-33(2)20-27(39)32(41)29(21-36)44-33/h4,6,8,13,15,17,22-29,31-32,36-39,41H,3,5,7,9-12,14,16,18-21H2,1-2H3,(H,34,40)/b6-4-,15-13+/t23-,24-,25-,26-,27+,28+,29?,31?,32+,33+/m1/s1. The number of nitrogens with zero attached hydrogens (tertiary/aromatic N) is 1. The van der Waals surface area contributed by atoms with E-state index in [1.165, 1.54) is 12.8 Å². The fourth-order valence-corrected chi connectivity index (χ4v) is 6.73. The molecule has 0 spiro atoms. The molecule has 10 atom stereocenters. The van der Waals surface area contributed by atoms with Crippen LogP contribution in [0, 0.1) is 11.8 Å². The summed E-state index contributed by atoms with van der Waals surface area (Å²) < 4.78 is 18.3. The highest BCUT2D eigenvalue weighted by atomic mass is 16.7. The average Bonchev–Trinajstić information content (AvgIpc) is 3.80. The van der Waals surface area contributed by atoms with Crippen LogP contribution >= 0.6 is 0 Å². The summed E-state index contributed by atoms with van der Waals surface area (Å²) in [4.78, 5) is 14.0. The van der Waals surface area contributed by atoms with E-state index in [2.05, 4.69) is 16.4 Å². The van der Waals surface area contributed by atoms with Gasteiger partial charge in [0.05, 0.1) is 37.6 Å². The van der Waals surface area contributed by atoms with E-state index >= 15 is 0 Å². The molecule has 2 saturated carbocycles. The van der Waals surface area contributed by atoms with E-state index in [1.54, 1.807) is 13.0 Å². The van der Waals surface area contributed by atoms with E-state index in [-0.39, 0.29) is 30.4 Å². The van der Waals surface area contributed by atoms with Gasteiger partial charge < -0.3 is 50.0 Å². The number of carbonyl (C=O) groups excluding carboxylic acids is 1. The summed E-state index contributed by atoms with van der Waals surface area (Å²) in [7, 11) is 0. The molecule has 44 heavy (non-hydrogen) atoms. The van der Waals surface area contributed by atoms with Crippen LogP contribution in [0.15, 0.2) is 36.6 Å². The summed E-state index contributed by atoms with van der Waals surface area (Å²) in [6, 6.07) is 0.532. The van der Waals surface area contributed by atoms with Crippen LogP contribution in [0.1, 0.15) is 78.1 Å². The summed E-state index contributed by atoms with van der Waals surface area (Å²) in [5.74, 6) is -1.66. The average molecular weight is 623 g/mol. The van der Waals surface area contributed by atoms with Gasteiger partial charge in [0.2, 0.25) is 5.91 Å². The third-order valence-corrected chi connectivity index (χ3v) is 9.18. The Morgan fingerprint density at radius 2 is 2.02 bits per heavy atom. The normalized spacial score (nSPS) is 36.8. The number of nitrogens with one attached hydrogen (secondary N) is 1. The maximum absolute atomic E-state index is 11.7. The van der Waals surface area contributed by atoms with Crippen molar-refractivity contribution in [3.63, 3.8) is 0 Å². The number of amides is 1. The van der Waals surface area contributed by atoms with Gasteiger partial charge in [-0.1, -0.05) is 24.3 Å². The van der Waals surface area contributed by atoms with Crippen LogP contribution in [-0.2, 0) is 19.0 Å². The second kappa shape index (κ2) is 16.6. The van der Waals surface area contributed by atoms with Crippen molar-refractivity contribution in [1.82, 2.24) is 10.2 Å². The minimum Gasteiger partial charge on any atom is -0.394 e. The lowest BCUT2D eigenvalue weighted by molar-refractivity contribution is -0.330. The Morgan fingerprint density at radius 1 is 1.23 bits per heavy atom. The Morgan fingerprint density at radius 3 is 2.75 bits per heavy atom. The van der Waals surface area contributed by atoms with Crippen LogP contribution in [0.3, 0.4) is 0 Å². The fraction of sp³-hybridized carbons (Fsp3) is 0.788. The van der Waals surface area contributed by atoms with Crippen LogP contribution in [0.25, 0.3) is 0 Å². The molecule has 1 saturated heterocycles. The first-order valence-corrected chi connectivity index (χ1v) is 16.5. The van der Waals surface area contributed by atoms with E-state index in [0.29, 0.717) is 51.3 Å². The van der Waals surface area contributed by atoms with Gasteiger partial charge in [0, 0.05) is 44.0 Å². The van der Waals surface area contributed by atoms with Gasteiger partial charge in [-0.15, -0.1) is 0 Å². The molecule has 2 heterocycles. The molecule has 0 radical (unpaired) electrons. The first-order valence-electron chi connectivity index (χ1n) is 16.5. The minimum absolute atomic E-state index is 0.0230. The van der Waals surface area contributed by atoms with Gasteiger partial charge in [-0.2, -0.15) is 0 Å². The molecule has 250 valence electrons. The second-order valence-electron chi connectivity index (χ2n) is 12.9. The van der Waals surface area contributed by atoms with Gasteiger partial charge in [0.15, 0.2) is 5.79 Å². The molecule has 0 aromatic rings. The fourth-order valence-electron chi connectivity index (χ4n) is 6.73. The van der Waals surface area contributed by atoms with E-state index in [1.807, 2.05) is 31.2 Å². The van der Waals surface area contributed by atoms with Crippen LogP contribution in [-0.4, -0.2) is 111 Å². The number of allylic oxidation sites excluding steroid dienone is 2. The maximum atomic E-state index is 11.7. The first-order chi connectivity index (χ1) is 21.1. The van der Waals surface area contributed by atoms with E-state index < -0.39 is 49.0 Å². The van der Waals surface area contributed by atoms with Crippen molar-refractivity contribution in [2.75, 3.05) is 19.8 Å². The molecule has 0 aromatic carbocycles. The van der Waals surface area contributed by atoms with Gasteiger partial charge in [-0.3, -0.25) is 4.79 Å². The Balaban J connectivity index is 1.38. The molecule has 2 aliphatic heterocycles. The van der Waals surface area contributed by atoms with Gasteiger partial charge in [0.25, 0.3) is 0 Å². The van der Waals surface area contributed by atoms with Crippen molar-refractivity contribution < 1.29 is 44.5 Å². The molecule has 4 aliphatic rings. The van der Waals surface area contributed by atoms with Crippen LogP contribution in [0.2, 0.25) is 0 Å². The molecular formula is C33H54N2O9. The lowest BCUT2D eigenvalue weighted by Gasteiger charge is -2.44. The molecule has 11 heteroatoms. The summed E-state index contributed by atoms with van der Waals surface area (Å²) in [6.07, 6.45) is 13.2. The second-order valence-corrected chi connectivity index (χ2v) is 12.9. The van der Waals surface area contributed by atoms with Crippen molar-refractivity contribution >= 4 is 5.91 Å². The van der Waals surface area contributed by atoms with Crippen molar-refractivity contribution in [2.45, 2.75) is 133 Å². The molecule has 3 fully saturated rings. The number of rotatable bonds is 16. The van der Waals surface area contributed by atoms with Crippen molar-refractivity contribution in [3.05, 3.63) is 36.6 Å². The van der Waals surface area contributed by atoms with Gasteiger partial charge in [-0.05, 0) is 70.8 Å². The van der Waals surface area contributed by atoms with Crippen LogP contribution in [0.5, 0.6) is 0 Å². The minimum atomic E-state index is -1.26. The Hall–Kier alpha value is -1.83. The molecular weight excluding hydrogens is 568 g/mol. The predicted octanol–water partition coefficient (Wildman–Crippen LogP) is 1.87. The molecule has 2 aliphatic carbocycles. The molecule has 6 N–H and O–H groups in total. The van der Waals surface area contributed by atoms with E-state index in [9.17, 15) is 30.3 Å². The molecule has 1 amide bonds. The Kier molecular flexibility index (Phi) is 13.3. The highest BCUT2D eigenvalue weighted by Gasteiger charge is 2.49. The van der Waals surface area contributed by atoms with Gasteiger partial charge in [0.1, 0.15) is 18.4 Å². The maximum Gasteiger partial charge on any atom is 0.219 e. The van der Waals surface area contributed by atoms with Crippen LogP contribution < -0.4 is 5.32 Å². The number of hydrogen-bond donors (Lipinski definition) is 6. The number of carbonyl (C=O) groups is 1. The Labute approximate surface area is 261 Å². The largest absolute Gasteiger partial charge is 0.394 e.